The number of carbonyl (C=O) groups excluding carboxylic acids is 1. The highest BCUT2D eigenvalue weighted by Crippen LogP contribution is 2.42. The van der Waals surface area contributed by atoms with Crippen LogP contribution in [0.1, 0.15) is 67.2 Å². The van der Waals surface area contributed by atoms with E-state index in [2.05, 4.69) is 32.9 Å². The number of likely N-dealkylation sites (N-methyl/N-ethyl adjacent to an activating group) is 1. The molecule has 1 aliphatic rings. The van der Waals surface area contributed by atoms with E-state index in [1.807, 2.05) is 25.7 Å². The molecule has 0 saturated carbocycles. The van der Waals surface area contributed by atoms with E-state index in [-0.39, 0.29) is 11.5 Å². The van der Waals surface area contributed by atoms with E-state index in [1.54, 1.807) is 6.08 Å². The van der Waals surface area contributed by atoms with Gasteiger partial charge in [0, 0.05) is 19.2 Å². The van der Waals surface area contributed by atoms with Crippen molar-refractivity contribution in [3.8, 4) is 0 Å². The van der Waals surface area contributed by atoms with Gasteiger partial charge in [-0.2, -0.15) is 0 Å². The summed E-state index contributed by atoms with van der Waals surface area (Å²) in [6.07, 6.45) is 11.0. The first-order valence-electron chi connectivity index (χ1n) is 9.17. The summed E-state index contributed by atoms with van der Waals surface area (Å²) in [5, 5.41) is 0. The third-order valence-electron chi connectivity index (χ3n) is 5.00. The first-order valence-corrected chi connectivity index (χ1v) is 9.17. The Bertz CT molecular complexity index is 437. The molecule has 0 radical (unpaired) electrons. The summed E-state index contributed by atoms with van der Waals surface area (Å²) in [5.41, 5.74) is 1.18. The quantitative estimate of drug-likeness (QED) is 0.331. The van der Waals surface area contributed by atoms with Crippen LogP contribution in [-0.2, 0) is 9.53 Å². The second-order valence-corrected chi connectivity index (χ2v) is 6.99. The van der Waals surface area contributed by atoms with Crippen LogP contribution in [0.15, 0.2) is 23.8 Å². The van der Waals surface area contributed by atoms with Crippen LogP contribution in [-0.4, -0.2) is 35.6 Å². The molecular formula is C20H35NO2. The molecule has 0 N–H and O–H groups in total. The largest absolute Gasteiger partial charge is 0.366 e. The number of hydrogen-bond donors (Lipinski definition) is 0. The molecule has 0 bridgehead atoms. The topological polar surface area (TPSA) is 32.8 Å². The Hall–Kier alpha value is -1.09. The van der Waals surface area contributed by atoms with Crippen molar-refractivity contribution in [3.05, 3.63) is 23.8 Å². The van der Waals surface area contributed by atoms with Crippen LogP contribution in [0.25, 0.3) is 0 Å². The van der Waals surface area contributed by atoms with Crippen LogP contribution in [0.4, 0.5) is 0 Å². The Balaban J connectivity index is 2.30. The van der Waals surface area contributed by atoms with Crippen LogP contribution in [0.2, 0.25) is 0 Å². The van der Waals surface area contributed by atoms with Gasteiger partial charge in [-0.3, -0.25) is 4.79 Å². The summed E-state index contributed by atoms with van der Waals surface area (Å²) in [7, 11) is 0. The monoisotopic (exact) mass is 321 g/mol. The Morgan fingerprint density at radius 3 is 2.48 bits per heavy atom. The Labute approximate surface area is 142 Å². The van der Waals surface area contributed by atoms with Crippen LogP contribution in [0.5, 0.6) is 0 Å². The molecule has 0 aromatic carbocycles. The molecule has 0 aromatic rings. The minimum absolute atomic E-state index is 0.106. The van der Waals surface area contributed by atoms with E-state index in [4.69, 9.17) is 4.74 Å². The number of epoxide rings is 1. The van der Waals surface area contributed by atoms with Gasteiger partial charge in [0.1, 0.15) is 0 Å². The van der Waals surface area contributed by atoms with Gasteiger partial charge in [-0.25, -0.2) is 0 Å². The highest BCUT2D eigenvalue weighted by atomic mass is 16.6. The summed E-state index contributed by atoms with van der Waals surface area (Å²) in [5.74, 6) is 0.762. The number of rotatable bonds is 10. The molecular weight excluding hydrogens is 286 g/mol. The van der Waals surface area contributed by atoms with Gasteiger partial charge >= 0.3 is 0 Å². The zero-order chi connectivity index (χ0) is 17.5. The number of ether oxygens (including phenoxy) is 1. The molecule has 23 heavy (non-hydrogen) atoms. The number of carbonyl (C=O) groups is 1. The zero-order valence-corrected chi connectivity index (χ0v) is 15.9. The van der Waals surface area contributed by atoms with Gasteiger partial charge in [0.25, 0.3) is 0 Å². The van der Waals surface area contributed by atoms with Crippen molar-refractivity contribution >= 4 is 5.91 Å². The van der Waals surface area contributed by atoms with E-state index in [0.29, 0.717) is 12.0 Å². The Morgan fingerprint density at radius 1 is 1.30 bits per heavy atom. The van der Waals surface area contributed by atoms with Gasteiger partial charge < -0.3 is 9.64 Å². The third-order valence-corrected chi connectivity index (χ3v) is 5.00. The summed E-state index contributed by atoms with van der Waals surface area (Å²) < 4.78 is 5.76. The molecule has 0 aromatic heterocycles. The van der Waals surface area contributed by atoms with Crippen LogP contribution in [0.3, 0.4) is 0 Å². The second kappa shape index (κ2) is 9.27. The van der Waals surface area contributed by atoms with Gasteiger partial charge in [-0.1, -0.05) is 26.0 Å². The predicted octanol–water partition coefficient (Wildman–Crippen LogP) is 4.73. The Kier molecular flexibility index (Phi) is 8.04. The lowest BCUT2D eigenvalue weighted by Crippen LogP contribution is -2.28. The van der Waals surface area contributed by atoms with Crippen molar-refractivity contribution in [2.24, 2.45) is 5.92 Å². The first kappa shape index (κ1) is 20.0. The van der Waals surface area contributed by atoms with Gasteiger partial charge in [-0.05, 0) is 64.9 Å². The third kappa shape index (κ3) is 6.50. The summed E-state index contributed by atoms with van der Waals surface area (Å²) in [6, 6.07) is 0. The van der Waals surface area contributed by atoms with Crippen molar-refractivity contribution in [2.45, 2.75) is 78.9 Å². The molecule has 3 heteroatoms. The second-order valence-electron chi connectivity index (χ2n) is 6.99. The molecule has 3 nitrogen and oxygen atoms in total. The number of hydrogen-bond acceptors (Lipinski definition) is 2. The maximum absolute atomic E-state index is 12.0. The van der Waals surface area contributed by atoms with Crippen LogP contribution < -0.4 is 0 Å². The van der Waals surface area contributed by atoms with Gasteiger partial charge in [0.15, 0.2) is 0 Å². The zero-order valence-electron chi connectivity index (χ0n) is 15.9. The Morgan fingerprint density at radius 2 is 1.96 bits per heavy atom. The van der Waals surface area contributed by atoms with E-state index < -0.39 is 0 Å². The normalized spacial score (nSPS) is 25.7. The lowest BCUT2D eigenvalue weighted by Gasteiger charge is -2.16. The molecule has 0 aliphatic carbocycles. The number of allylic oxidation sites excluding steroid dienone is 3. The standard InChI is InChI=1S/C20H35NO2/c1-7-20(6)18(23-20)14-13-16(4)11-10-12-17(5)15-19(22)21(8-2)9-3/h10,12,15-16,18H,7-9,11,13-14H2,1-6H3/b12-10+,17-15+. The van der Waals surface area contributed by atoms with E-state index in [9.17, 15) is 4.79 Å². The van der Waals surface area contributed by atoms with Crippen molar-refractivity contribution < 1.29 is 9.53 Å². The van der Waals surface area contributed by atoms with Gasteiger partial charge in [0.05, 0.1) is 11.7 Å². The fraction of sp³-hybridized carbons (Fsp3) is 0.750. The van der Waals surface area contributed by atoms with E-state index >= 15 is 0 Å². The molecule has 1 amide bonds. The average molecular weight is 322 g/mol. The fourth-order valence-corrected chi connectivity index (χ4v) is 2.88. The molecule has 3 unspecified atom stereocenters. The lowest BCUT2D eigenvalue weighted by molar-refractivity contribution is -0.125. The molecule has 0 spiro atoms. The summed E-state index contributed by atoms with van der Waals surface area (Å²) in [6.45, 7) is 14.2. The maximum Gasteiger partial charge on any atom is 0.246 e. The smallest absolute Gasteiger partial charge is 0.246 e. The minimum atomic E-state index is 0.106. The lowest BCUT2D eigenvalue weighted by atomic mass is 9.95. The van der Waals surface area contributed by atoms with Gasteiger partial charge in [0.2, 0.25) is 5.91 Å². The highest BCUT2D eigenvalue weighted by Gasteiger charge is 2.49. The SMILES string of the molecule is CCN(CC)C(=O)/C=C(C)/C=C/CC(C)CCC1OC1(C)CC. The minimum Gasteiger partial charge on any atom is -0.366 e. The molecule has 1 fully saturated rings. The summed E-state index contributed by atoms with van der Waals surface area (Å²) in [4.78, 5) is 13.8. The first-order chi connectivity index (χ1) is 10.9. The molecule has 1 aliphatic heterocycles. The van der Waals surface area contributed by atoms with Gasteiger partial charge in [-0.15, -0.1) is 0 Å². The maximum atomic E-state index is 12.0. The van der Waals surface area contributed by atoms with Crippen molar-refractivity contribution in [3.63, 3.8) is 0 Å². The molecule has 1 saturated heterocycles. The van der Waals surface area contributed by atoms with Crippen molar-refractivity contribution in [1.29, 1.82) is 0 Å². The molecule has 3 atom stereocenters. The average Bonchev–Trinajstić information content (AvgIpc) is 3.17. The predicted molar refractivity (Wildman–Crippen MR) is 97.4 cm³/mol. The molecule has 1 heterocycles. The molecule has 132 valence electrons. The number of amides is 1. The van der Waals surface area contributed by atoms with Crippen molar-refractivity contribution in [1.82, 2.24) is 4.90 Å². The van der Waals surface area contributed by atoms with E-state index in [1.165, 1.54) is 6.42 Å². The van der Waals surface area contributed by atoms with Crippen LogP contribution in [0, 0.1) is 5.92 Å². The van der Waals surface area contributed by atoms with Crippen LogP contribution >= 0.6 is 0 Å². The number of nitrogens with zero attached hydrogens (tertiary/aromatic N) is 1. The van der Waals surface area contributed by atoms with Crippen molar-refractivity contribution in [2.75, 3.05) is 13.1 Å². The fourth-order valence-electron chi connectivity index (χ4n) is 2.88. The highest BCUT2D eigenvalue weighted by molar-refractivity contribution is 5.88. The van der Waals surface area contributed by atoms with E-state index in [0.717, 1.165) is 37.9 Å². The molecule has 1 rings (SSSR count). The summed E-state index contributed by atoms with van der Waals surface area (Å²) >= 11 is 0.